The van der Waals surface area contributed by atoms with E-state index in [0.717, 1.165) is 28.7 Å². The molecule has 2 aromatic heterocycles. The van der Waals surface area contributed by atoms with Gasteiger partial charge in [-0.15, -0.1) is 0 Å². The van der Waals surface area contributed by atoms with Crippen LogP contribution < -0.4 is 0 Å². The van der Waals surface area contributed by atoms with Crippen LogP contribution in [0.2, 0.25) is 0 Å². The second kappa shape index (κ2) is 3.68. The van der Waals surface area contributed by atoms with Gasteiger partial charge in [-0.2, -0.15) is 0 Å². The number of aromatic amines is 1. The molecular formula is C18H23N3. The average Bonchev–Trinajstić information content (AvgIpc) is 2.79. The average molecular weight is 281 g/mol. The lowest BCUT2D eigenvalue weighted by Crippen LogP contribution is -2.53. The first-order chi connectivity index (χ1) is 10.0. The lowest BCUT2D eigenvalue weighted by molar-refractivity contribution is -0.0644. The number of H-pyrrole nitrogens is 1. The molecule has 4 bridgehead atoms. The zero-order chi connectivity index (χ0) is 14.2. The molecule has 21 heavy (non-hydrogen) atoms. The standard InChI is InChI=1S/C18H23N3/c1-11-3-4-14-15(19-11)21-16(20-14)18-8-12-5-13(9-18)7-17(2,6-12)10-18/h3-4,12-13H,5-10H2,1-2H3,(H,19,20,21). The summed E-state index contributed by atoms with van der Waals surface area (Å²) < 4.78 is 0. The van der Waals surface area contributed by atoms with Crippen molar-refractivity contribution in [1.29, 1.82) is 0 Å². The van der Waals surface area contributed by atoms with E-state index in [1.807, 2.05) is 6.92 Å². The summed E-state index contributed by atoms with van der Waals surface area (Å²) in [5, 5.41) is 0. The van der Waals surface area contributed by atoms with Gasteiger partial charge in [0, 0.05) is 11.1 Å². The van der Waals surface area contributed by atoms with Crippen LogP contribution in [-0.2, 0) is 5.41 Å². The molecule has 6 rings (SSSR count). The summed E-state index contributed by atoms with van der Waals surface area (Å²) in [6.45, 7) is 4.56. The minimum absolute atomic E-state index is 0.313. The van der Waals surface area contributed by atoms with Gasteiger partial charge in [-0.05, 0) is 74.8 Å². The molecule has 1 N–H and O–H groups in total. The maximum atomic E-state index is 4.93. The highest BCUT2D eigenvalue weighted by atomic mass is 15.0. The number of nitrogens with one attached hydrogen (secondary N) is 1. The summed E-state index contributed by atoms with van der Waals surface area (Å²) in [6, 6.07) is 4.21. The highest BCUT2D eigenvalue weighted by molar-refractivity contribution is 5.71. The predicted octanol–water partition coefficient (Wildman–Crippen LogP) is 4.12. The molecule has 0 amide bonds. The van der Waals surface area contributed by atoms with E-state index in [9.17, 15) is 0 Å². The molecule has 3 heteroatoms. The number of aryl methyl sites for hydroxylation is 1. The van der Waals surface area contributed by atoms with Gasteiger partial charge >= 0.3 is 0 Å². The van der Waals surface area contributed by atoms with E-state index in [1.54, 1.807) is 0 Å². The molecule has 2 unspecified atom stereocenters. The first kappa shape index (κ1) is 12.2. The minimum Gasteiger partial charge on any atom is -0.340 e. The molecule has 2 atom stereocenters. The van der Waals surface area contributed by atoms with Crippen LogP contribution in [0.25, 0.3) is 11.2 Å². The molecule has 0 saturated heterocycles. The molecule has 0 aliphatic heterocycles. The van der Waals surface area contributed by atoms with E-state index in [0.29, 0.717) is 10.8 Å². The van der Waals surface area contributed by atoms with Gasteiger partial charge in [-0.3, -0.25) is 0 Å². The lowest BCUT2D eigenvalue weighted by atomic mass is 9.44. The largest absolute Gasteiger partial charge is 0.340 e. The Bertz CT molecular complexity index is 715. The Kier molecular flexibility index (Phi) is 2.14. The van der Waals surface area contributed by atoms with Crippen molar-refractivity contribution in [3.05, 3.63) is 23.7 Å². The fourth-order valence-electron chi connectivity index (χ4n) is 6.24. The summed E-state index contributed by atoms with van der Waals surface area (Å²) in [6.07, 6.45) is 8.38. The molecule has 2 aromatic rings. The van der Waals surface area contributed by atoms with Gasteiger partial charge in [-0.1, -0.05) is 6.92 Å². The predicted molar refractivity (Wildman–Crippen MR) is 83.1 cm³/mol. The minimum atomic E-state index is 0.313. The van der Waals surface area contributed by atoms with Gasteiger partial charge < -0.3 is 4.98 Å². The third-order valence-electron chi connectivity index (χ3n) is 6.34. The van der Waals surface area contributed by atoms with E-state index in [1.165, 1.54) is 44.3 Å². The zero-order valence-corrected chi connectivity index (χ0v) is 12.9. The quantitative estimate of drug-likeness (QED) is 0.854. The Morgan fingerprint density at radius 3 is 2.57 bits per heavy atom. The summed E-state index contributed by atoms with van der Waals surface area (Å²) in [4.78, 5) is 13.2. The molecular weight excluding hydrogens is 258 g/mol. The molecule has 0 spiro atoms. The lowest BCUT2D eigenvalue weighted by Gasteiger charge is -2.60. The molecule has 110 valence electrons. The normalized spacial score (nSPS) is 41.0. The van der Waals surface area contributed by atoms with Crippen LogP contribution >= 0.6 is 0 Å². The van der Waals surface area contributed by atoms with Gasteiger partial charge in [0.2, 0.25) is 0 Å². The number of imidazole rings is 1. The molecule has 4 aliphatic rings. The SMILES string of the molecule is Cc1ccc2[nH]c(C34CC5CC(CC(C)(C5)C3)C4)nc2n1. The molecule has 4 aliphatic carbocycles. The smallest absolute Gasteiger partial charge is 0.177 e. The van der Waals surface area contributed by atoms with Crippen LogP contribution in [0.4, 0.5) is 0 Å². The van der Waals surface area contributed by atoms with Crippen LogP contribution in [0.3, 0.4) is 0 Å². The molecule has 0 aromatic carbocycles. The maximum absolute atomic E-state index is 4.93. The Balaban J connectivity index is 1.64. The second-order valence-electron chi connectivity index (χ2n) is 8.46. The first-order valence-electron chi connectivity index (χ1n) is 8.38. The molecule has 3 nitrogen and oxygen atoms in total. The summed E-state index contributed by atoms with van der Waals surface area (Å²) >= 11 is 0. The van der Waals surface area contributed by atoms with E-state index in [4.69, 9.17) is 4.98 Å². The van der Waals surface area contributed by atoms with Gasteiger partial charge in [0.25, 0.3) is 0 Å². The van der Waals surface area contributed by atoms with Gasteiger partial charge in [0.05, 0.1) is 5.52 Å². The fourth-order valence-corrected chi connectivity index (χ4v) is 6.24. The van der Waals surface area contributed by atoms with E-state index in [2.05, 4.69) is 29.0 Å². The van der Waals surface area contributed by atoms with Crippen LogP contribution in [0, 0.1) is 24.2 Å². The Morgan fingerprint density at radius 2 is 1.86 bits per heavy atom. The summed E-state index contributed by atoms with van der Waals surface area (Å²) in [5.41, 5.74) is 3.94. The van der Waals surface area contributed by atoms with Crippen molar-refractivity contribution in [3.8, 4) is 0 Å². The Morgan fingerprint density at radius 1 is 1.10 bits per heavy atom. The van der Waals surface area contributed by atoms with Crippen molar-refractivity contribution < 1.29 is 0 Å². The summed E-state index contributed by atoms with van der Waals surface area (Å²) in [7, 11) is 0. The van der Waals surface area contributed by atoms with Gasteiger partial charge in [0.1, 0.15) is 5.82 Å². The maximum Gasteiger partial charge on any atom is 0.177 e. The van der Waals surface area contributed by atoms with Gasteiger partial charge in [0.15, 0.2) is 5.65 Å². The van der Waals surface area contributed by atoms with Crippen molar-refractivity contribution >= 4 is 11.2 Å². The third-order valence-corrected chi connectivity index (χ3v) is 6.34. The van der Waals surface area contributed by atoms with Crippen molar-refractivity contribution in [2.45, 2.75) is 57.8 Å². The monoisotopic (exact) mass is 281 g/mol. The topological polar surface area (TPSA) is 41.6 Å². The van der Waals surface area contributed by atoms with Crippen molar-refractivity contribution in [3.63, 3.8) is 0 Å². The van der Waals surface area contributed by atoms with Crippen molar-refractivity contribution in [1.82, 2.24) is 15.0 Å². The van der Waals surface area contributed by atoms with Gasteiger partial charge in [-0.25, -0.2) is 9.97 Å². The fraction of sp³-hybridized carbons (Fsp3) is 0.667. The van der Waals surface area contributed by atoms with Crippen molar-refractivity contribution in [2.75, 3.05) is 0 Å². The van der Waals surface area contributed by atoms with Crippen LogP contribution in [0.5, 0.6) is 0 Å². The van der Waals surface area contributed by atoms with Crippen LogP contribution in [0.15, 0.2) is 12.1 Å². The molecule has 4 fully saturated rings. The van der Waals surface area contributed by atoms with E-state index in [-0.39, 0.29) is 0 Å². The highest BCUT2D eigenvalue weighted by Crippen LogP contribution is 2.65. The van der Waals surface area contributed by atoms with Crippen molar-refractivity contribution in [2.24, 2.45) is 17.3 Å². The van der Waals surface area contributed by atoms with Crippen LogP contribution in [0.1, 0.15) is 57.0 Å². The molecule has 0 radical (unpaired) electrons. The molecule has 4 saturated carbocycles. The number of pyridine rings is 1. The number of rotatable bonds is 1. The number of hydrogen-bond acceptors (Lipinski definition) is 2. The van der Waals surface area contributed by atoms with Crippen LogP contribution in [-0.4, -0.2) is 15.0 Å². The Labute approximate surface area is 125 Å². The number of nitrogens with zero attached hydrogens (tertiary/aromatic N) is 2. The first-order valence-corrected chi connectivity index (χ1v) is 8.38. The number of aromatic nitrogens is 3. The second-order valence-corrected chi connectivity index (χ2v) is 8.46. The van der Waals surface area contributed by atoms with E-state index < -0.39 is 0 Å². The zero-order valence-electron chi connectivity index (χ0n) is 12.9. The third kappa shape index (κ3) is 1.66. The highest BCUT2D eigenvalue weighted by Gasteiger charge is 2.57. The summed E-state index contributed by atoms with van der Waals surface area (Å²) in [5.74, 6) is 3.09. The number of fused-ring (bicyclic) bond motifs is 1. The molecule has 2 heterocycles. The Hall–Kier alpha value is -1.38. The van der Waals surface area contributed by atoms with E-state index >= 15 is 0 Å². The number of hydrogen-bond donors (Lipinski definition) is 1.